The first-order valence-corrected chi connectivity index (χ1v) is 21.4. The summed E-state index contributed by atoms with van der Waals surface area (Å²) in [5.74, 6) is -0.0188. The summed E-state index contributed by atoms with van der Waals surface area (Å²) in [5.41, 5.74) is 8.06. The lowest BCUT2D eigenvalue weighted by molar-refractivity contribution is -0.113. The summed E-state index contributed by atoms with van der Waals surface area (Å²) in [7, 11) is -2.96. The van der Waals surface area contributed by atoms with Crippen LogP contribution in [-0.4, -0.2) is 32.7 Å². The van der Waals surface area contributed by atoms with Crippen molar-refractivity contribution in [1.82, 2.24) is 0 Å². The van der Waals surface area contributed by atoms with Crippen LogP contribution < -0.4 is 15.7 Å². The van der Waals surface area contributed by atoms with Gasteiger partial charge in [0.15, 0.2) is 0 Å². The lowest BCUT2D eigenvalue weighted by atomic mass is 9.73. The van der Waals surface area contributed by atoms with Gasteiger partial charge < -0.3 is 10.4 Å². The molecule has 0 fully saturated rings. The first kappa shape index (κ1) is 28.6. The summed E-state index contributed by atoms with van der Waals surface area (Å²) in [5, 5.41) is 17.8. The molecule has 0 amide bonds. The van der Waals surface area contributed by atoms with Gasteiger partial charge in [-0.3, -0.25) is 9.79 Å². The van der Waals surface area contributed by atoms with Crippen molar-refractivity contribution in [3.63, 3.8) is 0 Å². The van der Waals surface area contributed by atoms with Crippen LogP contribution in [0.3, 0.4) is 0 Å². The molecule has 4 nitrogen and oxygen atoms in total. The van der Waals surface area contributed by atoms with E-state index in [0.29, 0.717) is 11.1 Å². The maximum Gasteiger partial charge on any atom is 0.201 e. The van der Waals surface area contributed by atoms with Gasteiger partial charge in [-0.05, 0) is 48.3 Å². The van der Waals surface area contributed by atoms with Crippen molar-refractivity contribution in [3.05, 3.63) is 81.3 Å². The summed E-state index contributed by atoms with van der Waals surface area (Å²) in [6, 6.07) is 13.4. The fourth-order valence-corrected chi connectivity index (χ4v) is 8.83. The second kappa shape index (κ2) is 8.77. The number of fused-ring (bicyclic) bond motifs is 2. The summed E-state index contributed by atoms with van der Waals surface area (Å²) in [6.45, 7) is 26.8. The topological polar surface area (TPSA) is 61.7 Å². The van der Waals surface area contributed by atoms with Gasteiger partial charge in [-0.1, -0.05) is 102 Å². The van der Waals surface area contributed by atoms with Gasteiger partial charge in [0, 0.05) is 22.2 Å². The highest BCUT2D eigenvalue weighted by Gasteiger charge is 2.45. The van der Waals surface area contributed by atoms with Gasteiger partial charge in [-0.2, -0.15) is 0 Å². The number of nitrogens with one attached hydrogen (secondary N) is 1. The molecule has 5 rings (SSSR count). The van der Waals surface area contributed by atoms with Gasteiger partial charge >= 0.3 is 0 Å². The second-order valence-electron chi connectivity index (χ2n) is 14.9. The molecule has 2 N–H and O–H groups in total. The monoisotopic (exact) mass is 568 g/mol. The number of carbonyl (C=O) groups excluding carboxylic acids is 1. The number of aliphatic imine (C=N–C) groups is 1. The van der Waals surface area contributed by atoms with Gasteiger partial charge in [0.25, 0.3) is 0 Å². The third-order valence-electron chi connectivity index (χ3n) is 9.21. The van der Waals surface area contributed by atoms with Crippen LogP contribution in [0.2, 0.25) is 39.3 Å². The van der Waals surface area contributed by atoms with Crippen LogP contribution >= 0.6 is 0 Å². The zero-order valence-corrected chi connectivity index (χ0v) is 28.3. The maximum absolute atomic E-state index is 13.7. The van der Waals surface area contributed by atoms with Crippen molar-refractivity contribution < 1.29 is 9.90 Å². The Morgan fingerprint density at radius 3 is 1.90 bits per heavy atom. The van der Waals surface area contributed by atoms with Crippen molar-refractivity contribution in [1.29, 1.82) is 0 Å². The average molecular weight is 569 g/mol. The van der Waals surface area contributed by atoms with Gasteiger partial charge in [-0.15, -0.1) is 0 Å². The molecule has 6 heteroatoms. The van der Waals surface area contributed by atoms with E-state index in [-0.39, 0.29) is 22.4 Å². The minimum absolute atomic E-state index is 0.0843. The first-order chi connectivity index (χ1) is 18.3. The molecule has 0 aromatic heterocycles. The molecule has 0 unspecified atom stereocenters. The Kier molecular flexibility index (Phi) is 6.26. The molecule has 0 radical (unpaired) electrons. The van der Waals surface area contributed by atoms with Crippen LogP contribution in [0.25, 0.3) is 0 Å². The largest absolute Gasteiger partial charge is 0.506 e. The number of hydrogen-bond acceptors (Lipinski definition) is 4. The standard InChI is InChI=1S/C34H44N2O2Si2/c1-19(31-33(3,4)23-17-21(39(7,8)9)13-15-25(23)35-31)27-29(37)28(30(27)38)20(2)32-34(5,6)24-18-22(40(10,11)12)14-16-26(24)36-32/h13-18,35,37H,1-12H3/b28-20-,31-19+. The molecular formula is C34H44N2O2Si2. The normalized spacial score (nSPS) is 21.9. The number of nitrogens with zero attached hydrogens (tertiary/aromatic N) is 1. The van der Waals surface area contributed by atoms with Crippen molar-refractivity contribution in [2.75, 3.05) is 5.32 Å². The zero-order chi connectivity index (χ0) is 29.7. The number of aliphatic hydroxyl groups excluding tert-OH is 1. The third-order valence-corrected chi connectivity index (χ3v) is 13.3. The average Bonchev–Trinajstić information content (AvgIpc) is 3.26. The highest BCUT2D eigenvalue weighted by molar-refractivity contribution is 6.89. The number of allylic oxidation sites excluding steroid dienone is 5. The lowest BCUT2D eigenvalue weighted by Crippen LogP contribution is -2.39. The SMILES string of the molecule is C/C(C1=Nc2ccc([Si](C)(C)C)cc2C1(C)C)=C1/C(=O)C(C(/C)=C2/Nc3ccc([Si](C)(C)C)cc3C2(C)C)=C1O. The Labute approximate surface area is 242 Å². The number of Topliss-reactive ketones (excluding diaryl/α,β-unsaturated/α-hetero) is 1. The van der Waals surface area contributed by atoms with E-state index in [0.717, 1.165) is 33.9 Å². The predicted octanol–water partition coefficient (Wildman–Crippen LogP) is 7.53. The molecule has 2 aliphatic heterocycles. The number of ketones is 1. The molecule has 3 aliphatic rings. The molecule has 2 aromatic rings. The van der Waals surface area contributed by atoms with E-state index in [1.54, 1.807) is 0 Å². The zero-order valence-electron chi connectivity index (χ0n) is 26.3. The first-order valence-electron chi connectivity index (χ1n) is 14.4. The molecule has 0 saturated heterocycles. The Morgan fingerprint density at radius 1 is 0.800 bits per heavy atom. The van der Waals surface area contributed by atoms with Crippen LogP contribution in [0.1, 0.15) is 52.7 Å². The molecule has 2 heterocycles. The molecule has 1 aliphatic carbocycles. The number of benzene rings is 2. The summed E-state index contributed by atoms with van der Waals surface area (Å²) in [6.07, 6.45) is 0. The Hall–Kier alpha value is -2.97. The van der Waals surface area contributed by atoms with Gasteiger partial charge in [0.2, 0.25) is 5.78 Å². The van der Waals surface area contributed by atoms with Crippen molar-refractivity contribution in [2.24, 2.45) is 4.99 Å². The van der Waals surface area contributed by atoms with Crippen LogP contribution in [0.4, 0.5) is 11.4 Å². The molecule has 2 aromatic carbocycles. The number of rotatable bonds is 4. The van der Waals surface area contributed by atoms with Crippen molar-refractivity contribution in [2.45, 2.75) is 91.7 Å². The molecule has 40 heavy (non-hydrogen) atoms. The third kappa shape index (κ3) is 4.14. The van der Waals surface area contributed by atoms with E-state index < -0.39 is 16.1 Å². The summed E-state index contributed by atoms with van der Waals surface area (Å²) in [4.78, 5) is 18.7. The molecule has 0 bridgehead atoms. The van der Waals surface area contributed by atoms with E-state index in [1.165, 1.54) is 21.5 Å². The number of anilines is 1. The Balaban J connectivity index is 1.54. The second-order valence-corrected chi connectivity index (χ2v) is 25.0. The molecule has 0 atom stereocenters. The number of aliphatic hydroxyl groups is 1. The van der Waals surface area contributed by atoms with Gasteiger partial charge in [0.1, 0.15) is 5.76 Å². The predicted molar refractivity (Wildman–Crippen MR) is 176 cm³/mol. The van der Waals surface area contributed by atoms with Crippen molar-refractivity contribution in [3.8, 4) is 0 Å². The minimum atomic E-state index is -1.48. The summed E-state index contributed by atoms with van der Waals surface area (Å²) >= 11 is 0. The van der Waals surface area contributed by atoms with E-state index in [4.69, 9.17) is 4.99 Å². The smallest absolute Gasteiger partial charge is 0.201 e. The van der Waals surface area contributed by atoms with Crippen LogP contribution in [0.15, 0.2) is 75.1 Å². The molecular weight excluding hydrogens is 525 g/mol. The van der Waals surface area contributed by atoms with E-state index in [1.807, 2.05) is 13.8 Å². The Morgan fingerprint density at radius 2 is 1.35 bits per heavy atom. The van der Waals surface area contributed by atoms with Gasteiger partial charge in [0.05, 0.1) is 38.7 Å². The highest BCUT2D eigenvalue weighted by atomic mass is 28.3. The van der Waals surface area contributed by atoms with Gasteiger partial charge in [-0.25, -0.2) is 0 Å². The van der Waals surface area contributed by atoms with Crippen LogP contribution in [0.5, 0.6) is 0 Å². The fraction of sp³-hybridized carbons (Fsp3) is 0.412. The van der Waals surface area contributed by atoms with E-state index in [9.17, 15) is 9.90 Å². The molecule has 0 saturated carbocycles. The minimum Gasteiger partial charge on any atom is -0.506 e. The van der Waals surface area contributed by atoms with E-state index >= 15 is 0 Å². The Bertz CT molecular complexity index is 1620. The maximum atomic E-state index is 13.7. The molecule has 0 spiro atoms. The van der Waals surface area contributed by atoms with Crippen molar-refractivity contribution >= 4 is 49.4 Å². The highest BCUT2D eigenvalue weighted by Crippen LogP contribution is 2.49. The van der Waals surface area contributed by atoms with Crippen LogP contribution in [0, 0.1) is 0 Å². The van der Waals surface area contributed by atoms with Crippen LogP contribution in [-0.2, 0) is 15.6 Å². The summed E-state index contributed by atoms with van der Waals surface area (Å²) < 4.78 is 0. The molecule has 210 valence electrons. The quantitative estimate of drug-likeness (QED) is 0.296. The van der Waals surface area contributed by atoms with E-state index in [2.05, 4.69) is 109 Å². The number of hydrogen-bond donors (Lipinski definition) is 2. The fourth-order valence-electron chi connectivity index (χ4n) is 6.51. The number of carbonyl (C=O) groups is 1. The lowest BCUT2D eigenvalue weighted by Gasteiger charge is -2.31.